The van der Waals surface area contributed by atoms with E-state index in [9.17, 15) is 0 Å². The summed E-state index contributed by atoms with van der Waals surface area (Å²) in [6.07, 6.45) is 5.33. The summed E-state index contributed by atoms with van der Waals surface area (Å²) in [5.41, 5.74) is 23.4. The van der Waals surface area contributed by atoms with Crippen molar-refractivity contribution in [3.05, 3.63) is 270 Å². The number of hydrogen-bond acceptors (Lipinski definition) is 1. The largest absolute Gasteiger partial charge is 0.309 e. The zero-order chi connectivity index (χ0) is 48.7. The topological polar surface area (TPSA) is 27.1 Å². The lowest BCUT2D eigenvalue weighted by molar-refractivity contribution is 1.16. The SMILES string of the molecule is Cc1ccc2c(c1)c1cc(C)ccc1n2-c1ccc2c(c1)c1cc(-n3c4ccccc4c4ccccc43)ccc1n2-c1ccc(-c2ccc(C3=CC(c4ccccc4)=NC(c4ccccc4)=CC3)cc2C)cc1. The number of aliphatic imine (C=N–C) groups is 1. The second kappa shape index (κ2) is 17.0. The van der Waals surface area contributed by atoms with Crippen LogP contribution in [0.2, 0.25) is 0 Å². The van der Waals surface area contributed by atoms with Gasteiger partial charge in [-0.3, -0.25) is 0 Å². The molecule has 1 aliphatic rings. The molecule has 4 heterocycles. The molecule has 0 N–H and O–H groups in total. The molecule has 346 valence electrons. The molecule has 13 aromatic rings. The van der Waals surface area contributed by atoms with Gasteiger partial charge in [0.2, 0.25) is 0 Å². The number of para-hydroxylation sites is 2. The second-order valence-electron chi connectivity index (χ2n) is 19.8. The first-order valence-corrected chi connectivity index (χ1v) is 25.3. The van der Waals surface area contributed by atoms with Gasteiger partial charge in [0, 0.05) is 54.9 Å². The fourth-order valence-corrected chi connectivity index (χ4v) is 11.7. The van der Waals surface area contributed by atoms with Gasteiger partial charge < -0.3 is 13.7 Å². The van der Waals surface area contributed by atoms with E-state index >= 15 is 0 Å². The lowest BCUT2D eigenvalue weighted by Crippen LogP contribution is -1.98. The van der Waals surface area contributed by atoms with Gasteiger partial charge in [-0.05, 0) is 152 Å². The quantitative estimate of drug-likeness (QED) is 0.152. The molecule has 73 heavy (non-hydrogen) atoms. The van der Waals surface area contributed by atoms with Gasteiger partial charge in [0.25, 0.3) is 0 Å². The van der Waals surface area contributed by atoms with Crippen LogP contribution < -0.4 is 0 Å². The number of nitrogens with zero attached hydrogens (tertiary/aromatic N) is 4. The minimum atomic E-state index is 0.788. The predicted molar refractivity (Wildman–Crippen MR) is 309 cm³/mol. The molecule has 4 heteroatoms. The van der Waals surface area contributed by atoms with E-state index in [-0.39, 0.29) is 0 Å². The van der Waals surface area contributed by atoms with Crippen molar-refractivity contribution < 1.29 is 0 Å². The highest BCUT2D eigenvalue weighted by Crippen LogP contribution is 2.41. The van der Waals surface area contributed by atoms with E-state index in [0.717, 1.165) is 51.5 Å². The summed E-state index contributed by atoms with van der Waals surface area (Å²) in [6.45, 7) is 6.61. The first-order valence-electron chi connectivity index (χ1n) is 25.3. The molecule has 0 unspecified atom stereocenters. The summed E-state index contributed by atoms with van der Waals surface area (Å²) in [4.78, 5) is 5.22. The molecule has 0 bridgehead atoms. The Bertz CT molecular complexity index is 4350. The summed E-state index contributed by atoms with van der Waals surface area (Å²) in [7, 11) is 0. The Balaban J connectivity index is 0.888. The molecule has 3 aromatic heterocycles. The molecule has 10 aromatic carbocycles. The number of hydrogen-bond donors (Lipinski definition) is 0. The summed E-state index contributed by atoms with van der Waals surface area (Å²) in [5.74, 6) is 0. The van der Waals surface area contributed by atoms with E-state index in [4.69, 9.17) is 4.99 Å². The van der Waals surface area contributed by atoms with Crippen LogP contribution >= 0.6 is 0 Å². The van der Waals surface area contributed by atoms with Crippen LogP contribution in [-0.2, 0) is 0 Å². The highest BCUT2D eigenvalue weighted by atomic mass is 15.0. The Labute approximate surface area is 424 Å². The van der Waals surface area contributed by atoms with Gasteiger partial charge in [0.05, 0.1) is 44.5 Å². The third kappa shape index (κ3) is 7.09. The third-order valence-corrected chi connectivity index (χ3v) is 15.1. The summed E-state index contributed by atoms with van der Waals surface area (Å²) in [6, 6.07) is 82.5. The zero-order valence-electron chi connectivity index (χ0n) is 41.0. The van der Waals surface area contributed by atoms with Crippen LogP contribution in [-0.4, -0.2) is 19.4 Å². The predicted octanol–water partition coefficient (Wildman–Crippen LogP) is 17.9. The molecule has 0 saturated heterocycles. The molecule has 0 radical (unpaired) electrons. The van der Waals surface area contributed by atoms with Crippen molar-refractivity contribution in [2.24, 2.45) is 4.99 Å². The smallest absolute Gasteiger partial charge is 0.0712 e. The molecule has 4 nitrogen and oxygen atoms in total. The van der Waals surface area contributed by atoms with Crippen LogP contribution in [0.5, 0.6) is 0 Å². The first kappa shape index (κ1) is 42.6. The van der Waals surface area contributed by atoms with Crippen LogP contribution in [0.25, 0.3) is 105 Å². The molecule has 0 aliphatic carbocycles. The van der Waals surface area contributed by atoms with E-state index in [1.165, 1.54) is 98.9 Å². The minimum absolute atomic E-state index is 0.788. The number of fused-ring (bicyclic) bond motifs is 9. The van der Waals surface area contributed by atoms with Crippen molar-refractivity contribution in [1.82, 2.24) is 13.7 Å². The molecule has 0 spiro atoms. The van der Waals surface area contributed by atoms with Crippen LogP contribution in [0.1, 0.15) is 39.8 Å². The number of allylic oxidation sites excluding steroid dienone is 3. The van der Waals surface area contributed by atoms with Gasteiger partial charge >= 0.3 is 0 Å². The van der Waals surface area contributed by atoms with Crippen LogP contribution in [0.15, 0.2) is 242 Å². The molecule has 0 amide bonds. The molecule has 14 rings (SSSR count). The Morgan fingerprint density at radius 2 is 0.795 bits per heavy atom. The minimum Gasteiger partial charge on any atom is -0.309 e. The maximum absolute atomic E-state index is 5.22. The second-order valence-corrected chi connectivity index (χ2v) is 19.8. The van der Waals surface area contributed by atoms with Gasteiger partial charge in [-0.2, -0.15) is 0 Å². The van der Waals surface area contributed by atoms with Crippen LogP contribution in [0, 0.1) is 20.8 Å². The molecule has 1 aliphatic heterocycles. The van der Waals surface area contributed by atoms with E-state index in [1.54, 1.807) is 0 Å². The Morgan fingerprint density at radius 1 is 0.342 bits per heavy atom. The maximum Gasteiger partial charge on any atom is 0.0712 e. The highest BCUT2D eigenvalue weighted by Gasteiger charge is 2.20. The maximum atomic E-state index is 5.22. The van der Waals surface area contributed by atoms with Crippen LogP contribution in [0.4, 0.5) is 0 Å². The fraction of sp³-hybridized carbons (Fsp3) is 0.0580. The Hall–Kier alpha value is -9.25. The van der Waals surface area contributed by atoms with Crippen molar-refractivity contribution in [2.75, 3.05) is 0 Å². The molecular weight excluding hydrogens is 885 g/mol. The summed E-state index contributed by atoms with van der Waals surface area (Å²) >= 11 is 0. The number of benzene rings is 10. The molecule has 0 atom stereocenters. The normalized spacial score (nSPS) is 13.1. The van der Waals surface area contributed by atoms with Crippen molar-refractivity contribution in [2.45, 2.75) is 27.2 Å². The number of aryl methyl sites for hydroxylation is 3. The van der Waals surface area contributed by atoms with Gasteiger partial charge in [0.1, 0.15) is 0 Å². The van der Waals surface area contributed by atoms with Crippen molar-refractivity contribution in [1.29, 1.82) is 0 Å². The Kier molecular flexibility index (Phi) is 9.90. The van der Waals surface area contributed by atoms with E-state index in [1.807, 2.05) is 0 Å². The van der Waals surface area contributed by atoms with Crippen molar-refractivity contribution in [3.63, 3.8) is 0 Å². The molecular formula is C69H50N4. The fourth-order valence-electron chi connectivity index (χ4n) is 11.7. The number of aromatic nitrogens is 3. The van der Waals surface area contributed by atoms with E-state index in [2.05, 4.69) is 271 Å². The van der Waals surface area contributed by atoms with Gasteiger partial charge in [-0.1, -0.05) is 157 Å². The average molecular weight is 935 g/mol. The van der Waals surface area contributed by atoms with Gasteiger partial charge in [0.15, 0.2) is 0 Å². The zero-order valence-corrected chi connectivity index (χ0v) is 41.0. The lowest BCUT2D eigenvalue weighted by atomic mass is 9.93. The van der Waals surface area contributed by atoms with Gasteiger partial charge in [-0.15, -0.1) is 0 Å². The standard InChI is InChI=1S/C69H50N4/c1-44-22-34-66-58(38-44)59-39-45(2)23-35-67(59)73(66)54-31-37-69-61(43-54)60-42-53(72-64-20-12-10-18-56(64)57-19-11-13-21-65(57)72)30-36-68(60)71(69)52-28-24-47(25-29-52)55-32-26-50(40-46(55)3)51-27-33-62(48-14-6-4-7-15-48)70-63(41-51)49-16-8-5-9-17-49/h4-26,28-43H,27H2,1-3H3. The summed E-state index contributed by atoms with van der Waals surface area (Å²) < 4.78 is 7.33. The summed E-state index contributed by atoms with van der Waals surface area (Å²) in [5, 5.41) is 7.49. The van der Waals surface area contributed by atoms with E-state index in [0.29, 0.717) is 0 Å². The lowest BCUT2D eigenvalue weighted by Gasteiger charge is -2.13. The van der Waals surface area contributed by atoms with Crippen LogP contribution in [0.3, 0.4) is 0 Å². The highest BCUT2D eigenvalue weighted by molar-refractivity contribution is 6.16. The third-order valence-electron chi connectivity index (χ3n) is 15.1. The van der Waals surface area contributed by atoms with Crippen molar-refractivity contribution in [3.8, 4) is 28.2 Å². The average Bonchev–Trinajstić information content (AvgIpc) is 3.98. The van der Waals surface area contributed by atoms with Gasteiger partial charge in [-0.25, -0.2) is 4.99 Å². The Morgan fingerprint density at radius 3 is 1.36 bits per heavy atom. The van der Waals surface area contributed by atoms with E-state index < -0.39 is 0 Å². The molecule has 0 fully saturated rings. The first-order chi connectivity index (χ1) is 35.9. The number of rotatable bonds is 7. The van der Waals surface area contributed by atoms with Crippen molar-refractivity contribution >= 4 is 82.4 Å². The monoisotopic (exact) mass is 934 g/mol. The molecule has 0 saturated carbocycles.